The summed E-state index contributed by atoms with van der Waals surface area (Å²) in [5.41, 5.74) is 5.10. The van der Waals surface area contributed by atoms with E-state index < -0.39 is 8.07 Å². The Bertz CT molecular complexity index is 265. The fourth-order valence-corrected chi connectivity index (χ4v) is 4.64. The zero-order chi connectivity index (χ0) is 11.1. The van der Waals surface area contributed by atoms with E-state index in [1.54, 1.807) is 0 Å². The van der Waals surface area contributed by atoms with Gasteiger partial charge in [-0.15, -0.1) is 5.54 Å². The van der Waals surface area contributed by atoms with Gasteiger partial charge in [-0.2, -0.15) is 0 Å². The van der Waals surface area contributed by atoms with Gasteiger partial charge in [-0.25, -0.2) is 0 Å². The van der Waals surface area contributed by atoms with Crippen LogP contribution in [-0.4, -0.2) is 8.07 Å². The Morgan fingerprint density at radius 3 is 2.27 bits per heavy atom. The van der Waals surface area contributed by atoms with Crippen LogP contribution in [0.4, 0.5) is 0 Å². The van der Waals surface area contributed by atoms with Gasteiger partial charge in [0.25, 0.3) is 0 Å². The lowest BCUT2D eigenvalue weighted by Crippen LogP contribution is -2.29. The summed E-state index contributed by atoms with van der Waals surface area (Å²) < 4.78 is 0. The highest BCUT2D eigenvalue weighted by atomic mass is 28.3. The molecule has 1 aliphatic rings. The lowest BCUT2D eigenvalue weighted by atomic mass is 10.0. The Kier molecular flexibility index (Phi) is 5.18. The Morgan fingerprint density at radius 2 is 1.80 bits per heavy atom. The van der Waals surface area contributed by atoms with Gasteiger partial charge in [0.1, 0.15) is 8.07 Å². The standard InChI is InChI=1S/C14H24Si/c1-4-15(5-2,6-3)13-12-14-10-8-7-9-11-14/h10H,4-9,11H2,1-3H3. The van der Waals surface area contributed by atoms with Gasteiger partial charge in [-0.1, -0.05) is 32.8 Å². The molecule has 0 fully saturated rings. The molecule has 0 heterocycles. The highest BCUT2D eigenvalue weighted by molar-refractivity contribution is 6.87. The first-order chi connectivity index (χ1) is 7.26. The predicted octanol–water partition coefficient (Wildman–Crippen LogP) is 4.54. The van der Waals surface area contributed by atoms with Gasteiger partial charge < -0.3 is 0 Å². The summed E-state index contributed by atoms with van der Waals surface area (Å²) in [6.45, 7) is 6.97. The summed E-state index contributed by atoms with van der Waals surface area (Å²) in [7, 11) is -1.20. The van der Waals surface area contributed by atoms with E-state index in [1.807, 2.05) is 0 Å². The van der Waals surface area contributed by atoms with Crippen LogP contribution in [0.1, 0.15) is 46.5 Å². The number of allylic oxidation sites excluding steroid dienone is 2. The molecule has 0 spiro atoms. The molecule has 0 aromatic heterocycles. The average molecular weight is 220 g/mol. The molecule has 0 amide bonds. The zero-order valence-electron chi connectivity index (χ0n) is 10.5. The Labute approximate surface area is 96.2 Å². The van der Waals surface area contributed by atoms with Gasteiger partial charge >= 0.3 is 0 Å². The summed E-state index contributed by atoms with van der Waals surface area (Å²) in [5.74, 6) is 3.49. The van der Waals surface area contributed by atoms with Crippen molar-refractivity contribution in [3.63, 3.8) is 0 Å². The molecule has 1 heteroatoms. The maximum atomic E-state index is 3.67. The van der Waals surface area contributed by atoms with Crippen molar-refractivity contribution in [3.05, 3.63) is 11.6 Å². The van der Waals surface area contributed by atoms with Gasteiger partial charge in [0.05, 0.1) is 0 Å². The van der Waals surface area contributed by atoms with Crippen LogP contribution in [0.15, 0.2) is 11.6 Å². The molecule has 0 atom stereocenters. The molecule has 0 saturated carbocycles. The predicted molar refractivity (Wildman–Crippen MR) is 71.5 cm³/mol. The summed E-state index contributed by atoms with van der Waals surface area (Å²) >= 11 is 0. The quantitative estimate of drug-likeness (QED) is 0.484. The Hall–Kier alpha value is -0.483. The monoisotopic (exact) mass is 220 g/mol. The van der Waals surface area contributed by atoms with E-state index in [4.69, 9.17) is 0 Å². The third-order valence-corrected chi connectivity index (χ3v) is 8.53. The van der Waals surface area contributed by atoms with Crippen LogP contribution in [0, 0.1) is 11.5 Å². The fraction of sp³-hybridized carbons (Fsp3) is 0.714. The SMILES string of the molecule is CC[Si](C#CC1=CCCCC1)(CC)CC. The van der Waals surface area contributed by atoms with Gasteiger partial charge in [0, 0.05) is 0 Å². The van der Waals surface area contributed by atoms with Gasteiger partial charge in [0.2, 0.25) is 0 Å². The minimum atomic E-state index is -1.20. The number of hydrogen-bond donors (Lipinski definition) is 0. The molecule has 0 aromatic carbocycles. The molecule has 84 valence electrons. The second-order valence-corrected chi connectivity index (χ2v) is 9.50. The van der Waals surface area contributed by atoms with Gasteiger partial charge in [0.15, 0.2) is 0 Å². The Morgan fingerprint density at radius 1 is 1.13 bits per heavy atom. The van der Waals surface area contributed by atoms with Crippen molar-refractivity contribution < 1.29 is 0 Å². The van der Waals surface area contributed by atoms with Crippen molar-refractivity contribution in [3.8, 4) is 11.5 Å². The first kappa shape index (κ1) is 12.6. The highest BCUT2D eigenvalue weighted by Crippen LogP contribution is 2.21. The van der Waals surface area contributed by atoms with E-state index in [0.717, 1.165) is 0 Å². The van der Waals surface area contributed by atoms with E-state index in [9.17, 15) is 0 Å². The Balaban J connectivity index is 2.72. The van der Waals surface area contributed by atoms with Crippen molar-refractivity contribution in [2.75, 3.05) is 0 Å². The summed E-state index contributed by atoms with van der Waals surface area (Å²) in [6.07, 6.45) is 7.55. The molecular weight excluding hydrogens is 196 g/mol. The molecule has 0 saturated heterocycles. The van der Waals surface area contributed by atoms with Crippen molar-refractivity contribution >= 4 is 8.07 Å². The maximum absolute atomic E-state index is 3.67. The summed E-state index contributed by atoms with van der Waals surface area (Å²) in [5, 5.41) is 0. The van der Waals surface area contributed by atoms with E-state index in [0.29, 0.717) is 0 Å². The van der Waals surface area contributed by atoms with E-state index in [-0.39, 0.29) is 0 Å². The topological polar surface area (TPSA) is 0 Å². The molecule has 15 heavy (non-hydrogen) atoms. The van der Waals surface area contributed by atoms with Crippen LogP contribution < -0.4 is 0 Å². The minimum Gasteiger partial charge on any atom is -0.126 e. The lowest BCUT2D eigenvalue weighted by Gasteiger charge is -2.20. The minimum absolute atomic E-state index is 1.20. The second kappa shape index (κ2) is 6.18. The molecule has 1 aliphatic carbocycles. The molecule has 0 bridgehead atoms. The highest BCUT2D eigenvalue weighted by Gasteiger charge is 2.24. The third kappa shape index (κ3) is 3.54. The van der Waals surface area contributed by atoms with Crippen molar-refractivity contribution in [1.29, 1.82) is 0 Å². The first-order valence-electron chi connectivity index (χ1n) is 6.48. The molecule has 1 rings (SSSR count). The second-order valence-electron chi connectivity index (χ2n) is 4.57. The van der Waals surface area contributed by atoms with Crippen LogP contribution >= 0.6 is 0 Å². The van der Waals surface area contributed by atoms with E-state index in [1.165, 1.54) is 49.4 Å². The average Bonchev–Trinajstić information content (AvgIpc) is 2.33. The van der Waals surface area contributed by atoms with E-state index >= 15 is 0 Å². The molecule has 0 aromatic rings. The zero-order valence-corrected chi connectivity index (χ0v) is 11.5. The van der Waals surface area contributed by atoms with Crippen LogP contribution in [-0.2, 0) is 0 Å². The maximum Gasteiger partial charge on any atom is 0.138 e. The molecule has 0 N–H and O–H groups in total. The molecular formula is C14H24Si. The smallest absolute Gasteiger partial charge is 0.126 e. The normalized spacial score (nSPS) is 16.6. The number of rotatable bonds is 3. The number of hydrogen-bond acceptors (Lipinski definition) is 0. The fourth-order valence-electron chi connectivity index (χ4n) is 2.18. The van der Waals surface area contributed by atoms with Crippen molar-refractivity contribution in [2.45, 2.75) is 64.6 Å². The van der Waals surface area contributed by atoms with Crippen LogP contribution in [0.3, 0.4) is 0 Å². The van der Waals surface area contributed by atoms with Crippen molar-refractivity contribution in [2.24, 2.45) is 0 Å². The van der Waals surface area contributed by atoms with Crippen LogP contribution in [0.5, 0.6) is 0 Å². The third-order valence-electron chi connectivity index (χ3n) is 3.81. The first-order valence-corrected chi connectivity index (χ1v) is 9.10. The molecule has 0 aliphatic heterocycles. The molecule has 0 radical (unpaired) electrons. The van der Waals surface area contributed by atoms with Crippen LogP contribution in [0.2, 0.25) is 18.1 Å². The van der Waals surface area contributed by atoms with E-state index in [2.05, 4.69) is 38.3 Å². The van der Waals surface area contributed by atoms with Crippen LogP contribution in [0.25, 0.3) is 0 Å². The lowest BCUT2D eigenvalue weighted by molar-refractivity contribution is 0.715. The molecule has 0 nitrogen and oxygen atoms in total. The summed E-state index contributed by atoms with van der Waals surface area (Å²) in [4.78, 5) is 0. The summed E-state index contributed by atoms with van der Waals surface area (Å²) in [6, 6.07) is 3.96. The largest absolute Gasteiger partial charge is 0.138 e. The van der Waals surface area contributed by atoms with Gasteiger partial charge in [-0.05, 0) is 49.4 Å². The van der Waals surface area contributed by atoms with Crippen molar-refractivity contribution in [1.82, 2.24) is 0 Å². The van der Waals surface area contributed by atoms with Gasteiger partial charge in [-0.3, -0.25) is 0 Å². The molecule has 0 unspecified atom stereocenters.